The van der Waals surface area contributed by atoms with Gasteiger partial charge in [-0.05, 0) is 18.2 Å². The quantitative estimate of drug-likeness (QED) is 0.686. The van der Waals surface area contributed by atoms with Gasteiger partial charge < -0.3 is 10.6 Å². The monoisotopic (exact) mass is 319 g/mol. The van der Waals surface area contributed by atoms with Gasteiger partial charge in [-0.25, -0.2) is 9.38 Å². The zero-order valence-corrected chi connectivity index (χ0v) is 13.0. The average molecular weight is 319 g/mol. The van der Waals surface area contributed by atoms with Crippen molar-refractivity contribution in [1.29, 1.82) is 0 Å². The summed E-state index contributed by atoms with van der Waals surface area (Å²) in [5.74, 6) is 0.766. The van der Waals surface area contributed by atoms with Crippen LogP contribution in [0.2, 0.25) is 0 Å². The number of fused-ring (bicyclic) bond motifs is 1. The number of benzene rings is 1. The Morgan fingerprint density at radius 2 is 2.10 bits per heavy atom. The van der Waals surface area contributed by atoms with E-state index in [2.05, 4.69) is 16.5 Å². The second-order valence-electron chi connectivity index (χ2n) is 3.73. The van der Waals surface area contributed by atoms with Gasteiger partial charge in [0, 0.05) is 17.2 Å². The first-order valence-electron chi connectivity index (χ1n) is 6.05. The summed E-state index contributed by atoms with van der Waals surface area (Å²) in [6.07, 6.45) is 1.23. The van der Waals surface area contributed by atoms with Gasteiger partial charge in [-0.15, -0.1) is 11.8 Å². The second-order valence-corrected chi connectivity index (χ2v) is 4.86. The summed E-state index contributed by atoms with van der Waals surface area (Å²) in [5.41, 5.74) is 6.81. The summed E-state index contributed by atoms with van der Waals surface area (Å²) >= 11 is 1.74. The van der Waals surface area contributed by atoms with Crippen molar-refractivity contribution in [1.82, 2.24) is 0 Å². The molecule has 0 saturated carbocycles. The van der Waals surface area contributed by atoms with Gasteiger partial charge in [0.25, 0.3) is 0 Å². The Morgan fingerprint density at radius 1 is 1.43 bits per heavy atom. The Labute approximate surface area is 127 Å². The Balaban J connectivity index is 0.000000921. The number of hydrogen-bond acceptors (Lipinski definition) is 3. The van der Waals surface area contributed by atoms with Crippen LogP contribution in [0.25, 0.3) is 0 Å². The standard InChI is InChI=1S/C12H14FN3S.2CH3F/c1-9(15-8-14)7-16-4-5-17-12-3-2-10(13)6-11(12)16;2*1-2/h2-3,6,8H,1,4-5,7H2,(H2,14,15);2*1H3. The highest BCUT2D eigenvalue weighted by Gasteiger charge is 2.18. The summed E-state index contributed by atoms with van der Waals surface area (Å²) in [6.45, 7) is 5.25. The summed E-state index contributed by atoms with van der Waals surface area (Å²) < 4.78 is 32.2. The van der Waals surface area contributed by atoms with Crippen LogP contribution in [0.3, 0.4) is 0 Å². The SMILES string of the molecule is C=C(CN1CCSc2ccc(F)cc21)N=CN.CF.CF. The number of hydrogen-bond donors (Lipinski definition) is 1. The van der Waals surface area contributed by atoms with E-state index in [9.17, 15) is 13.2 Å². The summed E-state index contributed by atoms with van der Waals surface area (Å²) in [6, 6.07) is 4.86. The van der Waals surface area contributed by atoms with E-state index in [1.165, 1.54) is 12.4 Å². The number of alkyl halides is 2. The number of nitrogens with two attached hydrogens (primary N) is 1. The second kappa shape index (κ2) is 11.1. The first-order valence-corrected chi connectivity index (χ1v) is 7.04. The van der Waals surface area contributed by atoms with Crippen molar-refractivity contribution in [2.75, 3.05) is 38.1 Å². The molecule has 2 N–H and O–H groups in total. The lowest BCUT2D eigenvalue weighted by molar-refractivity contribution is 0.625. The van der Waals surface area contributed by atoms with E-state index in [0.717, 1.165) is 22.9 Å². The third-order valence-electron chi connectivity index (χ3n) is 2.51. The minimum atomic E-state index is -0.218. The van der Waals surface area contributed by atoms with Crippen LogP contribution in [-0.2, 0) is 0 Å². The molecule has 0 aliphatic carbocycles. The molecule has 0 saturated heterocycles. The molecule has 1 heterocycles. The smallest absolute Gasteiger partial charge is 0.125 e. The normalized spacial score (nSPS) is 12.7. The molecular weight excluding hydrogens is 299 g/mol. The first kappa shape index (κ1) is 19.4. The highest BCUT2D eigenvalue weighted by molar-refractivity contribution is 7.99. The molecule has 7 heteroatoms. The molecule has 0 atom stereocenters. The van der Waals surface area contributed by atoms with Crippen molar-refractivity contribution in [2.45, 2.75) is 4.90 Å². The van der Waals surface area contributed by atoms with Crippen LogP contribution < -0.4 is 10.6 Å². The van der Waals surface area contributed by atoms with E-state index >= 15 is 0 Å². The number of aliphatic imine (C=N–C) groups is 1. The zero-order valence-electron chi connectivity index (χ0n) is 12.2. The molecule has 0 amide bonds. The lowest BCUT2D eigenvalue weighted by Gasteiger charge is -2.30. The molecule has 2 rings (SSSR count). The minimum absolute atomic E-state index is 0.218. The highest BCUT2D eigenvalue weighted by Crippen LogP contribution is 2.35. The molecule has 0 spiro atoms. The fraction of sp³-hybridized carbons (Fsp3) is 0.357. The molecule has 1 aliphatic heterocycles. The van der Waals surface area contributed by atoms with Gasteiger partial charge in [0.1, 0.15) is 5.82 Å². The van der Waals surface area contributed by atoms with Crippen LogP contribution in [0.4, 0.5) is 18.9 Å². The largest absolute Gasteiger partial charge is 0.390 e. The minimum Gasteiger partial charge on any atom is -0.390 e. The lowest BCUT2D eigenvalue weighted by atomic mass is 10.2. The molecule has 0 unspecified atom stereocenters. The summed E-state index contributed by atoms with van der Waals surface area (Å²) in [5, 5.41) is 0. The number of nitrogens with zero attached hydrogens (tertiary/aromatic N) is 2. The van der Waals surface area contributed by atoms with Gasteiger partial charge >= 0.3 is 0 Å². The van der Waals surface area contributed by atoms with Crippen molar-refractivity contribution >= 4 is 23.8 Å². The van der Waals surface area contributed by atoms with E-state index in [1.807, 2.05) is 6.07 Å². The van der Waals surface area contributed by atoms with Crippen LogP contribution in [0.1, 0.15) is 0 Å². The molecular formula is C14H20F3N3S. The molecule has 21 heavy (non-hydrogen) atoms. The maximum atomic E-state index is 13.2. The number of rotatable bonds is 3. The van der Waals surface area contributed by atoms with Crippen LogP contribution in [-0.4, -0.2) is 39.5 Å². The van der Waals surface area contributed by atoms with E-state index in [0.29, 0.717) is 26.6 Å². The van der Waals surface area contributed by atoms with Crippen molar-refractivity contribution in [2.24, 2.45) is 10.7 Å². The van der Waals surface area contributed by atoms with Crippen LogP contribution in [0, 0.1) is 5.82 Å². The molecule has 0 radical (unpaired) electrons. The zero-order chi connectivity index (χ0) is 16.3. The predicted octanol–water partition coefficient (Wildman–Crippen LogP) is 3.41. The van der Waals surface area contributed by atoms with Crippen molar-refractivity contribution in [3.63, 3.8) is 0 Å². The van der Waals surface area contributed by atoms with Gasteiger partial charge in [0.05, 0.1) is 38.6 Å². The number of thioether (sulfide) groups is 1. The molecule has 1 aliphatic rings. The highest BCUT2D eigenvalue weighted by atomic mass is 32.2. The summed E-state index contributed by atoms with van der Waals surface area (Å²) in [7, 11) is 1.00. The van der Waals surface area contributed by atoms with Crippen molar-refractivity contribution < 1.29 is 13.2 Å². The van der Waals surface area contributed by atoms with E-state index < -0.39 is 0 Å². The Kier molecular flexibility index (Phi) is 10.2. The molecule has 1 aromatic carbocycles. The maximum Gasteiger partial charge on any atom is 0.125 e. The third-order valence-corrected chi connectivity index (χ3v) is 3.55. The van der Waals surface area contributed by atoms with Crippen molar-refractivity contribution in [3.8, 4) is 0 Å². The summed E-state index contributed by atoms with van der Waals surface area (Å²) in [4.78, 5) is 7.10. The molecule has 0 aromatic heterocycles. The molecule has 3 nitrogen and oxygen atoms in total. The van der Waals surface area contributed by atoms with E-state index in [-0.39, 0.29) is 5.82 Å². The van der Waals surface area contributed by atoms with Crippen LogP contribution >= 0.6 is 11.8 Å². The van der Waals surface area contributed by atoms with Gasteiger partial charge in [-0.1, -0.05) is 6.58 Å². The maximum absolute atomic E-state index is 13.2. The van der Waals surface area contributed by atoms with Gasteiger partial charge in [0.15, 0.2) is 0 Å². The fourth-order valence-corrected chi connectivity index (χ4v) is 2.81. The molecule has 0 bridgehead atoms. The predicted molar refractivity (Wildman–Crippen MR) is 85.2 cm³/mol. The Morgan fingerprint density at radius 3 is 2.71 bits per heavy atom. The molecule has 1 aromatic rings. The Bertz CT molecular complexity index is 467. The fourth-order valence-electron chi connectivity index (χ4n) is 1.78. The van der Waals surface area contributed by atoms with Crippen LogP contribution in [0.5, 0.6) is 0 Å². The van der Waals surface area contributed by atoms with Crippen molar-refractivity contribution in [3.05, 3.63) is 36.3 Å². The van der Waals surface area contributed by atoms with E-state index in [4.69, 9.17) is 5.73 Å². The third kappa shape index (κ3) is 6.12. The Hall–Kier alpha value is -1.63. The topological polar surface area (TPSA) is 41.6 Å². The van der Waals surface area contributed by atoms with Gasteiger partial charge in [-0.2, -0.15) is 0 Å². The average Bonchev–Trinajstić information content (AvgIpc) is 2.52. The lowest BCUT2D eigenvalue weighted by Crippen LogP contribution is -2.30. The van der Waals surface area contributed by atoms with E-state index in [1.54, 1.807) is 17.8 Å². The van der Waals surface area contributed by atoms with Gasteiger partial charge in [0.2, 0.25) is 0 Å². The number of anilines is 1. The molecule has 118 valence electrons. The van der Waals surface area contributed by atoms with Gasteiger partial charge in [-0.3, -0.25) is 8.78 Å². The number of halogens is 3. The molecule has 0 fully saturated rings. The first-order chi connectivity index (χ1) is 10.2. The van der Waals surface area contributed by atoms with Crippen LogP contribution in [0.15, 0.2) is 40.4 Å².